The number of hydrogen-bond acceptors (Lipinski definition) is 5. The molecular formula is C19H26N6O. The van der Waals surface area contributed by atoms with Crippen LogP contribution in [0.4, 0.5) is 0 Å². The highest BCUT2D eigenvalue weighted by Crippen LogP contribution is 2.24. The largest absolute Gasteiger partial charge is 0.332 e. The van der Waals surface area contributed by atoms with E-state index in [9.17, 15) is 4.79 Å². The third-order valence-electron chi connectivity index (χ3n) is 5.01. The lowest BCUT2D eigenvalue weighted by Crippen LogP contribution is -2.34. The molecule has 1 amide bonds. The quantitative estimate of drug-likeness (QED) is 0.735. The molecule has 2 heterocycles. The molecule has 3 rings (SSSR count). The topological polar surface area (TPSA) is 75.9 Å². The van der Waals surface area contributed by atoms with Crippen molar-refractivity contribution in [3.05, 3.63) is 48.8 Å². The van der Waals surface area contributed by atoms with Crippen molar-refractivity contribution in [1.29, 1.82) is 0 Å². The first kappa shape index (κ1) is 18.3. The molecule has 2 atom stereocenters. The molecule has 138 valence electrons. The molecule has 1 aromatic carbocycles. The zero-order valence-electron chi connectivity index (χ0n) is 15.2. The zero-order chi connectivity index (χ0) is 18.4. The summed E-state index contributed by atoms with van der Waals surface area (Å²) in [6.07, 6.45) is 6.04. The molecule has 1 N–H and O–H groups in total. The summed E-state index contributed by atoms with van der Waals surface area (Å²) in [5, 5.41) is 14.6. The predicted octanol–water partition coefficient (Wildman–Crippen LogP) is 2.13. The van der Waals surface area contributed by atoms with Crippen molar-refractivity contribution in [1.82, 2.24) is 30.4 Å². The number of carbonyl (C=O) groups is 1. The average molecular weight is 354 g/mol. The maximum absolute atomic E-state index is 12.8. The van der Waals surface area contributed by atoms with Gasteiger partial charge in [0.2, 0.25) is 5.91 Å². The van der Waals surface area contributed by atoms with E-state index < -0.39 is 0 Å². The first-order valence-electron chi connectivity index (χ1n) is 9.13. The standard InChI is InChI=1S/C19H26N6O/c1-3-11-24(19(26)8-7-16-9-10-20-13-16)15(2)17-5-4-6-18(12-17)25-14-21-22-23-25/h3-6,12,14-16,20H,1,7-11,13H2,2H3. The number of nitrogens with zero attached hydrogens (tertiary/aromatic N) is 5. The van der Waals surface area contributed by atoms with Crippen LogP contribution in [0, 0.1) is 5.92 Å². The minimum Gasteiger partial charge on any atom is -0.332 e. The van der Waals surface area contributed by atoms with Crippen molar-refractivity contribution >= 4 is 5.91 Å². The summed E-state index contributed by atoms with van der Waals surface area (Å²) in [5.41, 5.74) is 1.93. The Bertz CT molecular complexity index is 723. The van der Waals surface area contributed by atoms with Crippen LogP contribution in [0.2, 0.25) is 0 Å². The molecule has 2 aromatic rings. The second-order valence-corrected chi connectivity index (χ2v) is 6.76. The Hall–Kier alpha value is -2.54. The molecule has 26 heavy (non-hydrogen) atoms. The fourth-order valence-electron chi connectivity index (χ4n) is 3.43. The van der Waals surface area contributed by atoms with E-state index in [4.69, 9.17) is 0 Å². The summed E-state index contributed by atoms with van der Waals surface area (Å²) in [6.45, 7) is 8.50. The van der Waals surface area contributed by atoms with Crippen LogP contribution in [0.3, 0.4) is 0 Å². The lowest BCUT2D eigenvalue weighted by atomic mass is 10.0. The first-order valence-corrected chi connectivity index (χ1v) is 9.13. The van der Waals surface area contributed by atoms with E-state index in [1.807, 2.05) is 29.2 Å². The van der Waals surface area contributed by atoms with Crippen LogP contribution >= 0.6 is 0 Å². The third kappa shape index (κ3) is 4.35. The third-order valence-corrected chi connectivity index (χ3v) is 5.01. The normalized spacial score (nSPS) is 17.8. The van der Waals surface area contributed by atoms with Gasteiger partial charge in [-0.25, -0.2) is 4.68 Å². The number of aromatic nitrogens is 4. The molecule has 1 fully saturated rings. The predicted molar refractivity (Wildman–Crippen MR) is 99.7 cm³/mol. The summed E-state index contributed by atoms with van der Waals surface area (Å²) >= 11 is 0. The smallest absolute Gasteiger partial charge is 0.223 e. The van der Waals surface area contributed by atoms with Crippen LogP contribution in [0.15, 0.2) is 43.2 Å². The van der Waals surface area contributed by atoms with Crippen LogP contribution in [-0.2, 0) is 4.79 Å². The molecule has 0 saturated carbocycles. The minimum absolute atomic E-state index is 0.0429. The Balaban J connectivity index is 1.71. The second-order valence-electron chi connectivity index (χ2n) is 6.76. The fourth-order valence-corrected chi connectivity index (χ4v) is 3.43. The second kappa shape index (κ2) is 8.71. The molecule has 1 aromatic heterocycles. The van der Waals surface area contributed by atoms with E-state index in [0.29, 0.717) is 18.9 Å². The maximum atomic E-state index is 12.8. The van der Waals surface area contributed by atoms with Gasteiger partial charge >= 0.3 is 0 Å². The molecule has 7 nitrogen and oxygen atoms in total. The van der Waals surface area contributed by atoms with Gasteiger partial charge in [-0.3, -0.25) is 4.79 Å². The number of carbonyl (C=O) groups excluding carboxylic acids is 1. The lowest BCUT2D eigenvalue weighted by Gasteiger charge is -2.29. The Kier molecular flexibility index (Phi) is 6.12. The number of amides is 1. The summed E-state index contributed by atoms with van der Waals surface area (Å²) in [5.74, 6) is 0.792. The van der Waals surface area contributed by atoms with Crippen LogP contribution in [0.25, 0.3) is 5.69 Å². The van der Waals surface area contributed by atoms with Crippen LogP contribution in [0.1, 0.15) is 37.8 Å². The van der Waals surface area contributed by atoms with E-state index in [1.54, 1.807) is 17.1 Å². The van der Waals surface area contributed by atoms with Crippen molar-refractivity contribution < 1.29 is 4.79 Å². The molecule has 1 saturated heterocycles. The molecule has 0 bridgehead atoms. The van der Waals surface area contributed by atoms with E-state index in [1.165, 1.54) is 0 Å². The Labute approximate surface area is 154 Å². The van der Waals surface area contributed by atoms with Crippen molar-refractivity contribution in [3.63, 3.8) is 0 Å². The van der Waals surface area contributed by atoms with Gasteiger partial charge in [-0.1, -0.05) is 18.2 Å². The number of hydrogen-bond donors (Lipinski definition) is 1. The van der Waals surface area contributed by atoms with Gasteiger partial charge in [0.25, 0.3) is 0 Å². The summed E-state index contributed by atoms with van der Waals surface area (Å²) in [6, 6.07) is 7.91. The van der Waals surface area contributed by atoms with Gasteiger partial charge in [-0.05, 0) is 66.9 Å². The van der Waals surface area contributed by atoms with Gasteiger partial charge < -0.3 is 10.2 Å². The Morgan fingerprint density at radius 1 is 1.54 bits per heavy atom. The average Bonchev–Trinajstić information content (AvgIpc) is 3.37. The first-order chi connectivity index (χ1) is 12.7. The maximum Gasteiger partial charge on any atom is 0.223 e. The van der Waals surface area contributed by atoms with Crippen molar-refractivity contribution in [3.8, 4) is 5.69 Å². The highest BCUT2D eigenvalue weighted by atomic mass is 16.2. The van der Waals surface area contributed by atoms with Gasteiger partial charge in [0.05, 0.1) is 11.7 Å². The molecule has 2 unspecified atom stereocenters. The lowest BCUT2D eigenvalue weighted by molar-refractivity contribution is -0.133. The highest BCUT2D eigenvalue weighted by molar-refractivity contribution is 5.77. The van der Waals surface area contributed by atoms with Gasteiger partial charge in [0.1, 0.15) is 6.33 Å². The Morgan fingerprint density at radius 3 is 3.12 bits per heavy atom. The number of benzene rings is 1. The Morgan fingerprint density at radius 2 is 2.42 bits per heavy atom. The monoisotopic (exact) mass is 354 g/mol. The van der Waals surface area contributed by atoms with Gasteiger partial charge in [0, 0.05) is 13.0 Å². The van der Waals surface area contributed by atoms with Crippen LogP contribution in [0.5, 0.6) is 0 Å². The zero-order valence-corrected chi connectivity index (χ0v) is 15.2. The van der Waals surface area contributed by atoms with E-state index >= 15 is 0 Å². The van der Waals surface area contributed by atoms with Crippen LogP contribution in [-0.4, -0.2) is 50.6 Å². The molecule has 7 heteroatoms. The fraction of sp³-hybridized carbons (Fsp3) is 0.474. The van der Waals surface area contributed by atoms with E-state index in [-0.39, 0.29) is 11.9 Å². The molecule has 1 aliphatic heterocycles. The van der Waals surface area contributed by atoms with E-state index in [2.05, 4.69) is 34.3 Å². The van der Waals surface area contributed by atoms with Gasteiger partial charge in [0.15, 0.2) is 0 Å². The SMILES string of the molecule is C=CCN(C(=O)CCC1CCNC1)C(C)c1cccc(-n2cnnn2)c1. The van der Waals surface area contributed by atoms with Crippen molar-refractivity contribution in [2.75, 3.05) is 19.6 Å². The van der Waals surface area contributed by atoms with Gasteiger partial charge in [-0.15, -0.1) is 11.7 Å². The van der Waals surface area contributed by atoms with Gasteiger partial charge in [-0.2, -0.15) is 0 Å². The van der Waals surface area contributed by atoms with Crippen molar-refractivity contribution in [2.24, 2.45) is 5.92 Å². The number of nitrogens with one attached hydrogen (secondary N) is 1. The minimum atomic E-state index is -0.0429. The molecule has 0 radical (unpaired) electrons. The molecule has 0 aliphatic carbocycles. The molecular weight excluding hydrogens is 328 g/mol. The van der Waals surface area contributed by atoms with E-state index in [0.717, 1.165) is 37.2 Å². The summed E-state index contributed by atoms with van der Waals surface area (Å²) < 4.78 is 1.61. The summed E-state index contributed by atoms with van der Waals surface area (Å²) in [7, 11) is 0. The highest BCUT2D eigenvalue weighted by Gasteiger charge is 2.23. The molecule has 1 aliphatic rings. The van der Waals surface area contributed by atoms with Crippen molar-refractivity contribution in [2.45, 2.75) is 32.2 Å². The summed E-state index contributed by atoms with van der Waals surface area (Å²) in [4.78, 5) is 14.7. The number of tetrazole rings is 1. The molecule has 0 spiro atoms. The van der Waals surface area contributed by atoms with Crippen LogP contribution < -0.4 is 5.32 Å². The number of rotatable bonds is 8.